The van der Waals surface area contributed by atoms with Gasteiger partial charge in [-0.1, -0.05) is 37.3 Å². The number of benzene rings is 1. The van der Waals surface area contributed by atoms with Gasteiger partial charge >= 0.3 is 0 Å². The average Bonchev–Trinajstić information content (AvgIpc) is 3.24. The summed E-state index contributed by atoms with van der Waals surface area (Å²) in [6, 6.07) is 11.6. The fraction of sp³-hybridized carbons (Fsp3) is 0.647. The van der Waals surface area contributed by atoms with E-state index in [-0.39, 0.29) is 5.54 Å². The van der Waals surface area contributed by atoms with Crippen molar-refractivity contribution < 1.29 is 0 Å². The average molecular weight is 258 g/mol. The smallest absolute Gasteiger partial charge is 0.0535 e. The molecule has 1 saturated carbocycles. The van der Waals surface area contributed by atoms with E-state index >= 15 is 0 Å². The molecule has 0 amide bonds. The van der Waals surface area contributed by atoms with Crippen molar-refractivity contribution in [2.45, 2.75) is 44.7 Å². The number of hydrogen-bond donors (Lipinski definition) is 1. The molecule has 0 spiro atoms. The van der Waals surface area contributed by atoms with E-state index in [0.717, 1.165) is 25.0 Å². The maximum Gasteiger partial charge on any atom is 0.0535 e. The summed E-state index contributed by atoms with van der Waals surface area (Å²) in [7, 11) is 0. The zero-order chi connectivity index (χ0) is 13.3. The highest BCUT2D eigenvalue weighted by atomic mass is 15.3. The molecular formula is C17H26N2. The van der Waals surface area contributed by atoms with Crippen LogP contribution >= 0.6 is 0 Å². The number of piperazine rings is 1. The Bertz CT molecular complexity index is 413. The molecule has 1 aliphatic heterocycles. The zero-order valence-electron chi connectivity index (χ0n) is 12.2. The van der Waals surface area contributed by atoms with Crippen molar-refractivity contribution in [3.63, 3.8) is 0 Å². The molecule has 2 nitrogen and oxygen atoms in total. The molecule has 0 bridgehead atoms. The van der Waals surface area contributed by atoms with Gasteiger partial charge in [0.15, 0.2) is 0 Å². The molecule has 1 saturated heterocycles. The molecule has 2 aliphatic rings. The molecule has 2 heteroatoms. The number of hydrogen-bond acceptors (Lipinski definition) is 2. The van der Waals surface area contributed by atoms with Crippen LogP contribution in [0.1, 0.15) is 38.7 Å². The van der Waals surface area contributed by atoms with Gasteiger partial charge in [-0.3, -0.25) is 4.90 Å². The molecule has 2 unspecified atom stereocenters. The van der Waals surface area contributed by atoms with Gasteiger partial charge in [-0.05, 0) is 37.7 Å². The van der Waals surface area contributed by atoms with Gasteiger partial charge in [-0.25, -0.2) is 0 Å². The molecule has 1 heterocycles. The minimum Gasteiger partial charge on any atom is -0.305 e. The molecule has 19 heavy (non-hydrogen) atoms. The Hall–Kier alpha value is -0.860. The SMILES string of the molecule is CCC1CNC(C)(c2ccccc2)CN1CC1CC1. The van der Waals surface area contributed by atoms with Crippen molar-refractivity contribution in [3.8, 4) is 0 Å². The number of nitrogens with one attached hydrogen (secondary N) is 1. The van der Waals surface area contributed by atoms with Gasteiger partial charge in [-0.15, -0.1) is 0 Å². The quantitative estimate of drug-likeness (QED) is 0.893. The van der Waals surface area contributed by atoms with Gasteiger partial charge in [0, 0.05) is 25.7 Å². The maximum atomic E-state index is 3.79. The van der Waals surface area contributed by atoms with E-state index in [1.54, 1.807) is 0 Å². The van der Waals surface area contributed by atoms with Crippen molar-refractivity contribution in [2.24, 2.45) is 5.92 Å². The molecule has 1 aromatic rings. The highest BCUT2D eigenvalue weighted by Crippen LogP contribution is 2.34. The second-order valence-electron chi connectivity index (χ2n) is 6.51. The summed E-state index contributed by atoms with van der Waals surface area (Å²) in [6.07, 6.45) is 4.15. The minimum atomic E-state index is 0.113. The van der Waals surface area contributed by atoms with Crippen LogP contribution in [0.2, 0.25) is 0 Å². The predicted octanol–water partition coefficient (Wildman–Crippen LogP) is 3.00. The molecule has 2 fully saturated rings. The third-order valence-corrected chi connectivity index (χ3v) is 4.84. The van der Waals surface area contributed by atoms with E-state index in [1.807, 2.05) is 0 Å². The van der Waals surface area contributed by atoms with Crippen molar-refractivity contribution in [1.29, 1.82) is 0 Å². The zero-order valence-corrected chi connectivity index (χ0v) is 12.2. The van der Waals surface area contributed by atoms with Gasteiger partial charge in [0.1, 0.15) is 0 Å². The molecule has 1 N–H and O–H groups in total. The molecule has 0 aromatic heterocycles. The van der Waals surface area contributed by atoms with Gasteiger partial charge in [-0.2, -0.15) is 0 Å². The van der Waals surface area contributed by atoms with Crippen LogP contribution in [0.15, 0.2) is 30.3 Å². The summed E-state index contributed by atoms with van der Waals surface area (Å²) in [6.45, 7) is 8.24. The lowest BCUT2D eigenvalue weighted by Gasteiger charge is -2.46. The summed E-state index contributed by atoms with van der Waals surface area (Å²) in [5.41, 5.74) is 1.53. The van der Waals surface area contributed by atoms with Crippen molar-refractivity contribution in [1.82, 2.24) is 10.2 Å². The van der Waals surface area contributed by atoms with E-state index in [4.69, 9.17) is 0 Å². The second kappa shape index (κ2) is 5.26. The predicted molar refractivity (Wildman–Crippen MR) is 80.2 cm³/mol. The van der Waals surface area contributed by atoms with Crippen LogP contribution in [0.3, 0.4) is 0 Å². The first-order chi connectivity index (χ1) is 9.21. The Balaban J connectivity index is 1.76. The summed E-state index contributed by atoms with van der Waals surface area (Å²) in [4.78, 5) is 2.74. The summed E-state index contributed by atoms with van der Waals surface area (Å²) in [5, 5.41) is 3.79. The third kappa shape index (κ3) is 2.85. The number of nitrogens with zero attached hydrogens (tertiary/aromatic N) is 1. The highest BCUT2D eigenvalue weighted by molar-refractivity contribution is 5.25. The monoisotopic (exact) mass is 258 g/mol. The van der Waals surface area contributed by atoms with Crippen LogP contribution in [0.25, 0.3) is 0 Å². The van der Waals surface area contributed by atoms with Crippen LogP contribution in [0, 0.1) is 5.92 Å². The third-order valence-electron chi connectivity index (χ3n) is 4.84. The molecule has 3 rings (SSSR count). The van der Waals surface area contributed by atoms with E-state index < -0.39 is 0 Å². The van der Waals surface area contributed by atoms with Gasteiger partial charge in [0.2, 0.25) is 0 Å². The second-order valence-corrected chi connectivity index (χ2v) is 6.51. The first-order valence-electron chi connectivity index (χ1n) is 7.76. The lowest BCUT2D eigenvalue weighted by molar-refractivity contribution is 0.0788. The van der Waals surface area contributed by atoms with Gasteiger partial charge in [0.05, 0.1) is 5.54 Å². The van der Waals surface area contributed by atoms with Gasteiger partial charge in [0.25, 0.3) is 0 Å². The van der Waals surface area contributed by atoms with E-state index in [1.165, 1.54) is 31.4 Å². The molecule has 0 radical (unpaired) electrons. The topological polar surface area (TPSA) is 15.3 Å². The first-order valence-corrected chi connectivity index (χ1v) is 7.76. The molecule has 2 atom stereocenters. The summed E-state index contributed by atoms with van der Waals surface area (Å²) < 4.78 is 0. The van der Waals surface area contributed by atoms with Crippen LogP contribution in [-0.4, -0.2) is 30.6 Å². The minimum absolute atomic E-state index is 0.113. The van der Waals surface area contributed by atoms with E-state index in [0.29, 0.717) is 0 Å². The lowest BCUT2D eigenvalue weighted by atomic mass is 9.87. The standard InChI is InChI=1S/C17H26N2/c1-3-16-11-18-17(2,15-7-5-4-6-8-15)13-19(16)12-14-9-10-14/h4-8,14,16,18H,3,9-13H2,1-2H3. The Labute approximate surface area is 117 Å². The molecule has 1 aromatic carbocycles. The van der Waals surface area contributed by atoms with Crippen molar-refractivity contribution in [3.05, 3.63) is 35.9 Å². The number of rotatable bonds is 4. The van der Waals surface area contributed by atoms with E-state index in [9.17, 15) is 0 Å². The Morgan fingerprint density at radius 1 is 1.26 bits per heavy atom. The molecule has 104 valence electrons. The fourth-order valence-corrected chi connectivity index (χ4v) is 3.31. The Morgan fingerprint density at radius 2 is 2.00 bits per heavy atom. The summed E-state index contributed by atoms with van der Waals surface area (Å²) in [5.74, 6) is 0.979. The van der Waals surface area contributed by atoms with Crippen molar-refractivity contribution >= 4 is 0 Å². The highest BCUT2D eigenvalue weighted by Gasteiger charge is 2.38. The molecule has 1 aliphatic carbocycles. The van der Waals surface area contributed by atoms with Crippen LogP contribution < -0.4 is 5.32 Å². The Morgan fingerprint density at radius 3 is 2.63 bits per heavy atom. The first kappa shape index (κ1) is 13.1. The maximum absolute atomic E-state index is 3.79. The summed E-state index contributed by atoms with van der Waals surface area (Å²) >= 11 is 0. The normalized spacial score (nSPS) is 32.4. The van der Waals surface area contributed by atoms with Crippen LogP contribution in [0.5, 0.6) is 0 Å². The van der Waals surface area contributed by atoms with Crippen molar-refractivity contribution in [2.75, 3.05) is 19.6 Å². The molecular weight excluding hydrogens is 232 g/mol. The lowest BCUT2D eigenvalue weighted by Crippen LogP contribution is -2.61. The van der Waals surface area contributed by atoms with E-state index in [2.05, 4.69) is 54.4 Å². The van der Waals surface area contributed by atoms with Crippen LogP contribution in [-0.2, 0) is 5.54 Å². The van der Waals surface area contributed by atoms with Gasteiger partial charge < -0.3 is 5.32 Å². The van der Waals surface area contributed by atoms with Crippen LogP contribution in [0.4, 0.5) is 0 Å². The Kier molecular flexibility index (Phi) is 3.64. The largest absolute Gasteiger partial charge is 0.305 e. The fourth-order valence-electron chi connectivity index (χ4n) is 3.31.